The molecule has 1 heterocycles. The van der Waals surface area contributed by atoms with E-state index in [4.69, 9.17) is 4.74 Å². The molecule has 3 heteroatoms. The third-order valence-corrected chi connectivity index (χ3v) is 5.73. The SMILES string of the molecule is C=C1[C@H]2C[C@@H](O)[C@]1(C)[C@@]1(CO)CCC(C)=C[C@H]1O2. The minimum atomic E-state index is -0.459. The summed E-state index contributed by atoms with van der Waals surface area (Å²) in [7, 11) is 0. The van der Waals surface area contributed by atoms with E-state index in [1.807, 2.05) is 0 Å². The molecule has 2 aliphatic carbocycles. The normalized spacial score (nSPS) is 51.0. The van der Waals surface area contributed by atoms with E-state index < -0.39 is 16.9 Å². The van der Waals surface area contributed by atoms with Crippen LogP contribution < -0.4 is 0 Å². The third-order valence-electron chi connectivity index (χ3n) is 5.73. The van der Waals surface area contributed by atoms with Crippen molar-refractivity contribution in [1.82, 2.24) is 0 Å². The lowest BCUT2D eigenvalue weighted by Gasteiger charge is -2.56. The van der Waals surface area contributed by atoms with Crippen LogP contribution in [0.25, 0.3) is 0 Å². The molecule has 0 radical (unpaired) electrons. The summed E-state index contributed by atoms with van der Waals surface area (Å²) in [4.78, 5) is 0. The summed E-state index contributed by atoms with van der Waals surface area (Å²) in [6.07, 6.45) is 3.96. The second-order valence-electron chi connectivity index (χ2n) is 6.35. The van der Waals surface area contributed by atoms with E-state index in [0.29, 0.717) is 6.42 Å². The molecule has 5 atom stereocenters. The van der Waals surface area contributed by atoms with Gasteiger partial charge >= 0.3 is 0 Å². The van der Waals surface area contributed by atoms with Crippen LogP contribution in [0, 0.1) is 10.8 Å². The van der Waals surface area contributed by atoms with Gasteiger partial charge in [-0.3, -0.25) is 0 Å². The number of hydrogen-bond donors (Lipinski definition) is 2. The fraction of sp³-hybridized carbons (Fsp3) is 0.733. The van der Waals surface area contributed by atoms with Gasteiger partial charge in [0.25, 0.3) is 0 Å². The van der Waals surface area contributed by atoms with Crippen molar-refractivity contribution in [1.29, 1.82) is 0 Å². The minimum absolute atomic E-state index is 0.0424. The molecule has 0 unspecified atom stereocenters. The fourth-order valence-electron chi connectivity index (χ4n) is 4.22. The molecule has 2 N–H and O–H groups in total. The minimum Gasteiger partial charge on any atom is -0.396 e. The Morgan fingerprint density at radius 1 is 1.56 bits per heavy atom. The fourth-order valence-corrected chi connectivity index (χ4v) is 4.22. The molecule has 100 valence electrons. The first kappa shape index (κ1) is 12.4. The molecule has 0 amide bonds. The standard InChI is InChI=1S/C15H22O3/c1-9-4-5-15(8-16)13(6-9)18-11-7-12(17)14(15,3)10(11)2/h6,11-13,16-17H,2,4-5,7-8H2,1,3H3/t11-,12-,13-,14-,15-/m1/s1. The smallest absolute Gasteiger partial charge is 0.0854 e. The number of fused-ring (bicyclic) bond motifs is 4. The predicted molar refractivity (Wildman–Crippen MR) is 69.0 cm³/mol. The molecule has 1 saturated carbocycles. The highest BCUT2D eigenvalue weighted by atomic mass is 16.5. The molecule has 2 bridgehead atoms. The Balaban J connectivity index is 2.15. The molecule has 1 saturated heterocycles. The zero-order valence-electron chi connectivity index (χ0n) is 11.1. The van der Waals surface area contributed by atoms with Crippen molar-refractivity contribution in [2.75, 3.05) is 6.61 Å². The number of aliphatic hydroxyl groups is 2. The topological polar surface area (TPSA) is 49.7 Å². The molecule has 3 aliphatic rings. The predicted octanol–water partition coefficient (Wildman–Crippen LogP) is 1.80. The molecule has 0 aromatic carbocycles. The van der Waals surface area contributed by atoms with Crippen LogP contribution >= 0.6 is 0 Å². The molecular weight excluding hydrogens is 228 g/mol. The summed E-state index contributed by atoms with van der Waals surface area (Å²) in [6.45, 7) is 8.35. The van der Waals surface area contributed by atoms with Gasteiger partial charge in [0.2, 0.25) is 0 Å². The highest BCUT2D eigenvalue weighted by Gasteiger charge is 2.66. The Hall–Kier alpha value is -0.640. The average Bonchev–Trinajstić information content (AvgIpc) is 2.51. The van der Waals surface area contributed by atoms with Crippen LogP contribution in [-0.4, -0.2) is 35.1 Å². The second-order valence-corrected chi connectivity index (χ2v) is 6.35. The van der Waals surface area contributed by atoms with Crippen LogP contribution in [-0.2, 0) is 4.74 Å². The van der Waals surface area contributed by atoms with Gasteiger partial charge < -0.3 is 14.9 Å². The Bertz CT molecular complexity index is 427. The Kier molecular flexibility index (Phi) is 2.54. The lowest BCUT2D eigenvalue weighted by atomic mass is 9.53. The van der Waals surface area contributed by atoms with Crippen molar-refractivity contribution in [3.8, 4) is 0 Å². The zero-order valence-corrected chi connectivity index (χ0v) is 11.1. The van der Waals surface area contributed by atoms with Gasteiger partial charge in [0.1, 0.15) is 0 Å². The van der Waals surface area contributed by atoms with E-state index in [1.54, 1.807) is 0 Å². The molecule has 0 aromatic rings. The van der Waals surface area contributed by atoms with Gasteiger partial charge in [-0.1, -0.05) is 25.2 Å². The molecule has 18 heavy (non-hydrogen) atoms. The van der Waals surface area contributed by atoms with Crippen LogP contribution in [0.5, 0.6) is 0 Å². The molecule has 2 fully saturated rings. The number of rotatable bonds is 1. The first-order chi connectivity index (χ1) is 8.45. The Labute approximate surface area is 108 Å². The maximum atomic E-state index is 10.5. The molecule has 3 rings (SSSR count). The van der Waals surface area contributed by atoms with Crippen LogP contribution in [0.1, 0.15) is 33.1 Å². The van der Waals surface area contributed by atoms with Crippen LogP contribution in [0.4, 0.5) is 0 Å². The largest absolute Gasteiger partial charge is 0.396 e. The van der Waals surface area contributed by atoms with Crippen molar-refractivity contribution in [2.24, 2.45) is 10.8 Å². The second kappa shape index (κ2) is 3.69. The van der Waals surface area contributed by atoms with Crippen LogP contribution in [0.3, 0.4) is 0 Å². The zero-order chi connectivity index (χ0) is 13.1. The van der Waals surface area contributed by atoms with Gasteiger partial charge in [0.05, 0.1) is 24.9 Å². The molecule has 3 nitrogen and oxygen atoms in total. The van der Waals surface area contributed by atoms with Crippen LogP contribution in [0.15, 0.2) is 23.8 Å². The summed E-state index contributed by atoms with van der Waals surface area (Å²) < 4.78 is 6.10. The van der Waals surface area contributed by atoms with Gasteiger partial charge in [0.15, 0.2) is 0 Å². The van der Waals surface area contributed by atoms with Crippen molar-refractivity contribution in [3.63, 3.8) is 0 Å². The number of aliphatic hydroxyl groups excluding tert-OH is 2. The Morgan fingerprint density at radius 2 is 2.28 bits per heavy atom. The highest BCUT2D eigenvalue weighted by Crippen LogP contribution is 2.63. The van der Waals surface area contributed by atoms with E-state index in [2.05, 4.69) is 26.5 Å². The summed E-state index contributed by atoms with van der Waals surface area (Å²) in [6, 6.07) is 0. The maximum Gasteiger partial charge on any atom is 0.0854 e. The summed E-state index contributed by atoms with van der Waals surface area (Å²) in [5.74, 6) is 0. The first-order valence-electron chi connectivity index (χ1n) is 6.76. The van der Waals surface area contributed by atoms with Crippen molar-refractivity contribution < 1.29 is 14.9 Å². The average molecular weight is 250 g/mol. The van der Waals surface area contributed by atoms with Gasteiger partial charge in [-0.05, 0) is 25.3 Å². The Morgan fingerprint density at radius 3 is 2.94 bits per heavy atom. The molecule has 0 aromatic heterocycles. The first-order valence-corrected chi connectivity index (χ1v) is 6.76. The molecule has 0 spiro atoms. The lowest BCUT2D eigenvalue weighted by Crippen LogP contribution is -2.59. The molecule has 1 aliphatic heterocycles. The number of ether oxygens (including phenoxy) is 1. The van der Waals surface area contributed by atoms with E-state index >= 15 is 0 Å². The monoisotopic (exact) mass is 250 g/mol. The van der Waals surface area contributed by atoms with Crippen molar-refractivity contribution in [3.05, 3.63) is 23.8 Å². The summed E-state index contributed by atoms with van der Waals surface area (Å²) in [5.41, 5.74) is 1.45. The quantitative estimate of drug-likeness (QED) is 0.698. The van der Waals surface area contributed by atoms with E-state index in [1.165, 1.54) is 5.57 Å². The van der Waals surface area contributed by atoms with E-state index in [-0.39, 0.29) is 18.8 Å². The number of hydrogen-bond acceptors (Lipinski definition) is 3. The van der Waals surface area contributed by atoms with Crippen molar-refractivity contribution >= 4 is 0 Å². The summed E-state index contributed by atoms with van der Waals surface area (Å²) in [5, 5.41) is 20.5. The lowest BCUT2D eigenvalue weighted by molar-refractivity contribution is -0.153. The molecular formula is C15H22O3. The summed E-state index contributed by atoms with van der Waals surface area (Å²) >= 11 is 0. The highest BCUT2D eigenvalue weighted by molar-refractivity contribution is 5.35. The van der Waals surface area contributed by atoms with Gasteiger partial charge in [-0.25, -0.2) is 0 Å². The van der Waals surface area contributed by atoms with Crippen LogP contribution in [0.2, 0.25) is 0 Å². The van der Waals surface area contributed by atoms with E-state index in [0.717, 1.165) is 18.4 Å². The van der Waals surface area contributed by atoms with E-state index in [9.17, 15) is 10.2 Å². The van der Waals surface area contributed by atoms with Gasteiger partial charge in [-0.15, -0.1) is 0 Å². The van der Waals surface area contributed by atoms with Gasteiger partial charge in [0, 0.05) is 17.3 Å². The maximum absolute atomic E-state index is 10.5. The number of allylic oxidation sites excluding steroid dienone is 1. The third kappa shape index (κ3) is 1.20. The van der Waals surface area contributed by atoms with Gasteiger partial charge in [-0.2, -0.15) is 0 Å². The van der Waals surface area contributed by atoms with Crippen molar-refractivity contribution in [2.45, 2.75) is 51.4 Å².